The van der Waals surface area contributed by atoms with E-state index in [0.717, 1.165) is 6.42 Å². The van der Waals surface area contributed by atoms with E-state index in [1.54, 1.807) is 6.21 Å². The lowest BCUT2D eigenvalue weighted by Crippen LogP contribution is -1.78. The maximum absolute atomic E-state index is 4.72. The largest absolute Gasteiger partial charge is 0.322 e. The molecule has 0 atom stereocenters. The van der Waals surface area contributed by atoms with Gasteiger partial charge in [0.05, 0.1) is 0 Å². The van der Waals surface area contributed by atoms with Crippen LogP contribution in [0.25, 0.3) is 0 Å². The van der Waals surface area contributed by atoms with Gasteiger partial charge in [-0.2, -0.15) is 5.10 Å². The van der Waals surface area contributed by atoms with Gasteiger partial charge in [-0.1, -0.05) is 6.92 Å². The highest BCUT2D eigenvalue weighted by atomic mass is 15.1. The fraction of sp³-hybridized carbons (Fsp3) is 0.500. The minimum Gasteiger partial charge on any atom is -0.322 e. The Bertz CT molecular complexity index is 75.0. The van der Waals surface area contributed by atoms with Gasteiger partial charge in [0.25, 0.3) is 0 Å². The van der Waals surface area contributed by atoms with E-state index in [-0.39, 0.29) is 0 Å². The first-order chi connectivity index (χ1) is 3.41. The number of nitrogens with zero attached hydrogens (tertiary/aromatic N) is 2. The number of hydrogen-bond donors (Lipinski definition) is 1. The standard InChI is InChI=1S/C4H9N3/c1-2-3-6-4-7-5/h3-4H,2,5H2,1H3/b6-3?,7-4-. The molecular weight excluding hydrogens is 90.1 g/mol. The minimum atomic E-state index is 0.923. The Labute approximate surface area is 42.9 Å². The lowest BCUT2D eigenvalue weighted by atomic mass is 10.5. The van der Waals surface area contributed by atoms with Crippen molar-refractivity contribution in [3.05, 3.63) is 0 Å². The minimum absolute atomic E-state index is 0.923. The van der Waals surface area contributed by atoms with Crippen LogP contribution in [0.5, 0.6) is 0 Å². The van der Waals surface area contributed by atoms with Crippen LogP contribution >= 0.6 is 0 Å². The molecule has 0 heterocycles. The smallest absolute Gasteiger partial charge is 0.134 e. The van der Waals surface area contributed by atoms with Gasteiger partial charge in [0.1, 0.15) is 6.34 Å². The first-order valence-corrected chi connectivity index (χ1v) is 2.15. The maximum Gasteiger partial charge on any atom is 0.134 e. The van der Waals surface area contributed by atoms with Crippen LogP contribution in [0.4, 0.5) is 0 Å². The van der Waals surface area contributed by atoms with Gasteiger partial charge < -0.3 is 5.84 Å². The number of hydrogen-bond acceptors (Lipinski definition) is 2. The summed E-state index contributed by atoms with van der Waals surface area (Å²) in [5.41, 5.74) is 0. The molecule has 0 amide bonds. The van der Waals surface area contributed by atoms with Gasteiger partial charge in [-0.15, -0.1) is 0 Å². The molecule has 0 aliphatic heterocycles. The topological polar surface area (TPSA) is 50.7 Å². The van der Waals surface area contributed by atoms with E-state index in [2.05, 4.69) is 10.1 Å². The molecule has 3 nitrogen and oxygen atoms in total. The summed E-state index contributed by atoms with van der Waals surface area (Å²) in [6.07, 6.45) is 3.96. The van der Waals surface area contributed by atoms with Crippen molar-refractivity contribution in [1.82, 2.24) is 0 Å². The summed E-state index contributed by atoms with van der Waals surface area (Å²) in [5.74, 6) is 4.72. The Balaban J connectivity index is 3.09. The van der Waals surface area contributed by atoms with E-state index in [9.17, 15) is 0 Å². The van der Waals surface area contributed by atoms with E-state index in [4.69, 9.17) is 5.84 Å². The summed E-state index contributed by atoms with van der Waals surface area (Å²) in [7, 11) is 0. The molecule has 0 bridgehead atoms. The fourth-order valence-electron chi connectivity index (χ4n) is 0.191. The molecule has 0 aromatic heterocycles. The van der Waals surface area contributed by atoms with Gasteiger partial charge >= 0.3 is 0 Å². The SMILES string of the molecule is CCC=N/C=N\N. The third-order valence-corrected chi connectivity index (χ3v) is 0.421. The van der Waals surface area contributed by atoms with E-state index < -0.39 is 0 Å². The van der Waals surface area contributed by atoms with Crippen LogP contribution in [0.1, 0.15) is 13.3 Å². The van der Waals surface area contributed by atoms with Crippen molar-refractivity contribution in [2.24, 2.45) is 15.9 Å². The zero-order valence-electron chi connectivity index (χ0n) is 4.33. The van der Waals surface area contributed by atoms with E-state index in [0.29, 0.717) is 0 Å². The van der Waals surface area contributed by atoms with Crippen molar-refractivity contribution in [2.75, 3.05) is 0 Å². The highest BCUT2D eigenvalue weighted by Gasteiger charge is 1.59. The molecule has 0 aliphatic rings. The number of rotatable bonds is 2. The summed E-state index contributed by atoms with van der Waals surface area (Å²) in [6, 6.07) is 0. The van der Waals surface area contributed by atoms with Crippen molar-refractivity contribution in [3.63, 3.8) is 0 Å². The Hall–Kier alpha value is -0.860. The van der Waals surface area contributed by atoms with Crippen molar-refractivity contribution in [2.45, 2.75) is 13.3 Å². The molecule has 0 aromatic carbocycles. The third-order valence-electron chi connectivity index (χ3n) is 0.421. The second kappa shape index (κ2) is 5.14. The molecule has 0 aliphatic carbocycles. The van der Waals surface area contributed by atoms with Gasteiger partial charge in [0.15, 0.2) is 0 Å². The molecule has 3 heteroatoms. The average molecular weight is 99.1 g/mol. The summed E-state index contributed by atoms with van der Waals surface area (Å²) < 4.78 is 0. The molecule has 0 radical (unpaired) electrons. The van der Waals surface area contributed by atoms with E-state index >= 15 is 0 Å². The Morgan fingerprint density at radius 3 is 2.86 bits per heavy atom. The van der Waals surface area contributed by atoms with E-state index in [1.807, 2.05) is 6.92 Å². The molecular formula is C4H9N3. The first kappa shape index (κ1) is 6.14. The number of aliphatic imine (C=N–C) groups is 1. The van der Waals surface area contributed by atoms with Crippen molar-refractivity contribution in [3.8, 4) is 0 Å². The van der Waals surface area contributed by atoms with Crippen LogP contribution < -0.4 is 5.84 Å². The Morgan fingerprint density at radius 2 is 2.43 bits per heavy atom. The molecule has 2 N–H and O–H groups in total. The van der Waals surface area contributed by atoms with Crippen LogP contribution in [-0.4, -0.2) is 12.6 Å². The molecule has 0 fully saturated rings. The third kappa shape index (κ3) is 5.14. The highest BCUT2D eigenvalue weighted by molar-refractivity contribution is 5.71. The van der Waals surface area contributed by atoms with Crippen LogP contribution in [0.15, 0.2) is 10.1 Å². The molecule has 40 valence electrons. The van der Waals surface area contributed by atoms with Gasteiger partial charge in [-0.25, -0.2) is 4.99 Å². The van der Waals surface area contributed by atoms with E-state index in [1.165, 1.54) is 6.34 Å². The highest BCUT2D eigenvalue weighted by Crippen LogP contribution is 1.63. The van der Waals surface area contributed by atoms with Crippen LogP contribution in [0.2, 0.25) is 0 Å². The molecule has 0 saturated carbocycles. The molecule has 0 spiro atoms. The Morgan fingerprint density at radius 1 is 1.71 bits per heavy atom. The van der Waals surface area contributed by atoms with Crippen LogP contribution in [0, 0.1) is 0 Å². The molecule has 0 unspecified atom stereocenters. The lowest BCUT2D eigenvalue weighted by molar-refractivity contribution is 1.25. The molecule has 7 heavy (non-hydrogen) atoms. The summed E-state index contributed by atoms with van der Waals surface area (Å²) in [4.78, 5) is 3.67. The zero-order chi connectivity index (χ0) is 5.54. The predicted octanol–water partition coefficient (Wildman–Crippen LogP) is 0.369. The lowest BCUT2D eigenvalue weighted by Gasteiger charge is -1.70. The normalized spacial score (nSPS) is 11.6. The number of nitrogens with two attached hydrogens (primary N) is 1. The number of hydrazone groups is 1. The monoisotopic (exact) mass is 99.1 g/mol. The van der Waals surface area contributed by atoms with Gasteiger partial charge in [0, 0.05) is 6.21 Å². The van der Waals surface area contributed by atoms with Gasteiger partial charge in [-0.3, -0.25) is 0 Å². The summed E-state index contributed by atoms with van der Waals surface area (Å²) in [6.45, 7) is 1.99. The first-order valence-electron chi connectivity index (χ1n) is 2.15. The molecule has 0 rings (SSSR count). The second-order valence-electron chi connectivity index (χ2n) is 1.00. The summed E-state index contributed by atoms with van der Waals surface area (Å²) >= 11 is 0. The van der Waals surface area contributed by atoms with Crippen LogP contribution in [0.3, 0.4) is 0 Å². The molecule has 0 saturated heterocycles. The van der Waals surface area contributed by atoms with Crippen molar-refractivity contribution in [1.29, 1.82) is 0 Å². The Kier molecular flexibility index (Phi) is 4.51. The maximum atomic E-state index is 4.72. The average Bonchev–Trinajstić information content (AvgIpc) is 1.69. The van der Waals surface area contributed by atoms with Gasteiger partial charge in [-0.05, 0) is 6.42 Å². The van der Waals surface area contributed by atoms with Gasteiger partial charge in [0.2, 0.25) is 0 Å². The van der Waals surface area contributed by atoms with Crippen molar-refractivity contribution >= 4 is 12.6 Å². The van der Waals surface area contributed by atoms with Crippen molar-refractivity contribution < 1.29 is 0 Å². The summed E-state index contributed by atoms with van der Waals surface area (Å²) in [5, 5.41) is 3.15. The van der Waals surface area contributed by atoms with Crippen LogP contribution in [-0.2, 0) is 0 Å². The second-order valence-corrected chi connectivity index (χ2v) is 1.00. The zero-order valence-corrected chi connectivity index (χ0v) is 4.33. The predicted molar refractivity (Wildman–Crippen MR) is 31.5 cm³/mol. The molecule has 0 aromatic rings. The quantitative estimate of drug-likeness (QED) is 0.231. The fourth-order valence-corrected chi connectivity index (χ4v) is 0.191.